The van der Waals surface area contributed by atoms with Gasteiger partial charge in [-0.3, -0.25) is 4.98 Å². The summed E-state index contributed by atoms with van der Waals surface area (Å²) < 4.78 is 37.5. The fourth-order valence-electron chi connectivity index (χ4n) is 2.02. The van der Waals surface area contributed by atoms with Crippen LogP contribution in [0.1, 0.15) is 16.8 Å². The smallest absolute Gasteiger partial charge is 0.167 e. The maximum absolute atomic E-state index is 13.6. The molecule has 0 spiro atoms. The molecule has 0 radical (unpaired) electrons. The van der Waals surface area contributed by atoms with Crippen molar-refractivity contribution in [1.82, 2.24) is 4.98 Å². The molecule has 0 saturated carbocycles. The van der Waals surface area contributed by atoms with Crippen LogP contribution in [0, 0.1) is 25.5 Å². The summed E-state index contributed by atoms with van der Waals surface area (Å²) in [6, 6.07) is 1.81. The average Bonchev–Trinajstić information content (AvgIpc) is 2.43. The number of hydrogen-bond acceptors (Lipinski definition) is 4. The van der Waals surface area contributed by atoms with Crippen LogP contribution in [-0.2, 0) is 6.61 Å². The fourth-order valence-corrected chi connectivity index (χ4v) is 2.02. The highest BCUT2D eigenvalue weighted by molar-refractivity contribution is 5.45. The zero-order valence-corrected chi connectivity index (χ0v) is 12.0. The lowest BCUT2D eigenvalue weighted by atomic mass is 10.1. The number of halogens is 2. The number of aryl methyl sites for hydroxylation is 1. The van der Waals surface area contributed by atoms with Crippen molar-refractivity contribution >= 4 is 5.69 Å². The van der Waals surface area contributed by atoms with Gasteiger partial charge in [-0.15, -0.1) is 0 Å². The van der Waals surface area contributed by atoms with Gasteiger partial charge in [0.05, 0.1) is 18.5 Å². The molecule has 6 heteroatoms. The Morgan fingerprint density at radius 3 is 2.57 bits per heavy atom. The standard InChI is InChI=1S/C15H16F2N2O2/c1-8-6-19-13(9(2)15(8)20-3)7-21-14-5-10(16)12(18)4-11(14)17/h4-6H,7,18H2,1-3H3. The van der Waals surface area contributed by atoms with Crippen LogP contribution >= 0.6 is 0 Å². The Bertz CT molecular complexity index is 675. The maximum atomic E-state index is 13.6. The summed E-state index contributed by atoms with van der Waals surface area (Å²) in [4.78, 5) is 4.23. The van der Waals surface area contributed by atoms with E-state index in [-0.39, 0.29) is 18.0 Å². The molecule has 0 amide bonds. The number of aromatic nitrogens is 1. The predicted molar refractivity (Wildman–Crippen MR) is 75.4 cm³/mol. The fraction of sp³-hybridized carbons (Fsp3) is 0.267. The largest absolute Gasteiger partial charge is 0.496 e. The number of nitrogens with zero attached hydrogens (tertiary/aromatic N) is 1. The van der Waals surface area contributed by atoms with Crippen LogP contribution in [0.3, 0.4) is 0 Å². The van der Waals surface area contributed by atoms with Crippen molar-refractivity contribution in [3.63, 3.8) is 0 Å². The lowest BCUT2D eigenvalue weighted by molar-refractivity contribution is 0.282. The van der Waals surface area contributed by atoms with E-state index in [1.165, 1.54) is 0 Å². The molecule has 2 N–H and O–H groups in total. The number of methoxy groups -OCH3 is 1. The summed E-state index contributed by atoms with van der Waals surface area (Å²) in [5.74, 6) is -0.946. The Balaban J connectivity index is 2.23. The SMILES string of the molecule is COc1c(C)cnc(COc2cc(F)c(N)cc2F)c1C. The predicted octanol–water partition coefficient (Wildman–Crippen LogP) is 3.15. The molecular weight excluding hydrogens is 278 g/mol. The number of rotatable bonds is 4. The summed E-state index contributed by atoms with van der Waals surface area (Å²) in [6.45, 7) is 3.71. The molecule has 4 nitrogen and oxygen atoms in total. The van der Waals surface area contributed by atoms with Crippen LogP contribution in [0.4, 0.5) is 14.5 Å². The van der Waals surface area contributed by atoms with Gasteiger partial charge in [-0.05, 0) is 13.8 Å². The van der Waals surface area contributed by atoms with Gasteiger partial charge in [-0.1, -0.05) is 0 Å². The van der Waals surface area contributed by atoms with Gasteiger partial charge in [0.15, 0.2) is 11.6 Å². The first-order chi connectivity index (χ1) is 9.93. The molecule has 0 aliphatic rings. The second-order valence-electron chi connectivity index (χ2n) is 4.64. The van der Waals surface area contributed by atoms with E-state index in [4.69, 9.17) is 15.2 Å². The van der Waals surface area contributed by atoms with Crippen molar-refractivity contribution in [2.45, 2.75) is 20.5 Å². The number of hydrogen-bond donors (Lipinski definition) is 1. The minimum Gasteiger partial charge on any atom is -0.496 e. The van der Waals surface area contributed by atoms with Gasteiger partial charge in [-0.25, -0.2) is 8.78 Å². The van der Waals surface area contributed by atoms with Crippen LogP contribution in [0.2, 0.25) is 0 Å². The Labute approximate surface area is 121 Å². The molecule has 0 unspecified atom stereocenters. The zero-order valence-electron chi connectivity index (χ0n) is 12.0. The van der Waals surface area contributed by atoms with Crippen molar-refractivity contribution in [2.75, 3.05) is 12.8 Å². The third kappa shape index (κ3) is 3.04. The van der Waals surface area contributed by atoms with Crippen molar-refractivity contribution in [2.24, 2.45) is 0 Å². The number of nitrogens with two attached hydrogens (primary N) is 1. The van der Waals surface area contributed by atoms with Crippen molar-refractivity contribution in [3.8, 4) is 11.5 Å². The summed E-state index contributed by atoms with van der Waals surface area (Å²) in [6.07, 6.45) is 1.64. The molecule has 1 heterocycles. The number of ether oxygens (including phenoxy) is 2. The van der Waals surface area contributed by atoms with Gasteiger partial charge in [0, 0.05) is 29.5 Å². The van der Waals surface area contributed by atoms with E-state index in [2.05, 4.69) is 4.98 Å². The molecule has 21 heavy (non-hydrogen) atoms. The third-order valence-corrected chi connectivity index (χ3v) is 3.17. The van der Waals surface area contributed by atoms with Crippen molar-refractivity contribution in [1.29, 1.82) is 0 Å². The van der Waals surface area contributed by atoms with E-state index in [0.29, 0.717) is 11.4 Å². The normalized spacial score (nSPS) is 10.5. The van der Waals surface area contributed by atoms with Crippen LogP contribution in [-0.4, -0.2) is 12.1 Å². The van der Waals surface area contributed by atoms with E-state index < -0.39 is 11.6 Å². The van der Waals surface area contributed by atoms with Gasteiger partial charge < -0.3 is 15.2 Å². The molecule has 0 aliphatic heterocycles. The lowest BCUT2D eigenvalue weighted by Crippen LogP contribution is -2.05. The van der Waals surface area contributed by atoms with Gasteiger partial charge in [0.25, 0.3) is 0 Å². The molecule has 0 fully saturated rings. The molecule has 0 bridgehead atoms. The Morgan fingerprint density at radius 1 is 1.19 bits per heavy atom. The van der Waals surface area contributed by atoms with Crippen molar-refractivity contribution in [3.05, 3.63) is 46.8 Å². The topological polar surface area (TPSA) is 57.4 Å². The molecule has 0 aliphatic carbocycles. The lowest BCUT2D eigenvalue weighted by Gasteiger charge is -2.13. The van der Waals surface area contributed by atoms with Gasteiger partial charge in [-0.2, -0.15) is 0 Å². The van der Waals surface area contributed by atoms with Crippen LogP contribution in [0.15, 0.2) is 18.3 Å². The van der Waals surface area contributed by atoms with Crippen LogP contribution in [0.5, 0.6) is 11.5 Å². The van der Waals surface area contributed by atoms with E-state index in [1.807, 2.05) is 13.8 Å². The number of anilines is 1. The molecule has 1 aromatic heterocycles. The Morgan fingerprint density at radius 2 is 1.90 bits per heavy atom. The number of benzene rings is 1. The second-order valence-corrected chi connectivity index (χ2v) is 4.64. The maximum Gasteiger partial charge on any atom is 0.167 e. The Hall–Kier alpha value is -2.37. The summed E-state index contributed by atoms with van der Waals surface area (Å²) in [5, 5.41) is 0. The highest BCUT2D eigenvalue weighted by Crippen LogP contribution is 2.27. The van der Waals surface area contributed by atoms with E-state index in [0.717, 1.165) is 23.3 Å². The van der Waals surface area contributed by atoms with Crippen molar-refractivity contribution < 1.29 is 18.3 Å². The van der Waals surface area contributed by atoms with Gasteiger partial charge in [0.2, 0.25) is 0 Å². The summed E-state index contributed by atoms with van der Waals surface area (Å²) in [7, 11) is 1.56. The van der Waals surface area contributed by atoms with E-state index >= 15 is 0 Å². The van der Waals surface area contributed by atoms with Gasteiger partial charge >= 0.3 is 0 Å². The Kier molecular flexibility index (Phi) is 4.26. The monoisotopic (exact) mass is 294 g/mol. The highest BCUT2D eigenvalue weighted by Gasteiger charge is 2.13. The number of pyridine rings is 1. The first kappa shape index (κ1) is 15.0. The first-order valence-electron chi connectivity index (χ1n) is 6.30. The van der Waals surface area contributed by atoms with Crippen LogP contribution in [0.25, 0.3) is 0 Å². The number of nitrogen functional groups attached to an aromatic ring is 1. The molecule has 112 valence electrons. The second kappa shape index (κ2) is 5.95. The highest BCUT2D eigenvalue weighted by atomic mass is 19.1. The molecular formula is C15H16F2N2O2. The quantitative estimate of drug-likeness (QED) is 0.880. The van der Waals surface area contributed by atoms with Crippen LogP contribution < -0.4 is 15.2 Å². The molecule has 0 atom stereocenters. The molecule has 2 aromatic rings. The van der Waals surface area contributed by atoms with Gasteiger partial charge in [0.1, 0.15) is 18.2 Å². The first-order valence-corrected chi connectivity index (χ1v) is 6.30. The third-order valence-electron chi connectivity index (χ3n) is 3.17. The molecule has 0 saturated heterocycles. The summed E-state index contributed by atoms with van der Waals surface area (Å²) >= 11 is 0. The molecule has 2 rings (SSSR count). The minimum absolute atomic E-state index is 0.00273. The summed E-state index contributed by atoms with van der Waals surface area (Å²) in [5.41, 5.74) is 7.30. The minimum atomic E-state index is -0.724. The molecule has 1 aromatic carbocycles. The average molecular weight is 294 g/mol. The zero-order chi connectivity index (χ0) is 15.6. The van der Waals surface area contributed by atoms with E-state index in [9.17, 15) is 8.78 Å². The van der Waals surface area contributed by atoms with E-state index in [1.54, 1.807) is 13.3 Å².